The Labute approximate surface area is 190 Å². The van der Waals surface area contributed by atoms with Crippen LogP contribution >= 0.6 is 0 Å². The van der Waals surface area contributed by atoms with E-state index in [2.05, 4.69) is 15.2 Å². The first kappa shape index (κ1) is 23.2. The van der Waals surface area contributed by atoms with E-state index in [1.54, 1.807) is 37.4 Å². The van der Waals surface area contributed by atoms with Crippen LogP contribution in [0.15, 0.2) is 63.8 Å². The molecule has 0 bridgehead atoms. The van der Waals surface area contributed by atoms with Gasteiger partial charge in [0.25, 0.3) is 0 Å². The summed E-state index contributed by atoms with van der Waals surface area (Å²) < 4.78 is 45.1. The number of hydrogen-bond acceptors (Lipinski definition) is 9. The average Bonchev–Trinajstić information content (AvgIpc) is 2.68. The minimum absolute atomic E-state index is 0. The molecule has 29 heavy (non-hydrogen) atoms. The zero-order valence-corrected chi connectivity index (χ0v) is 18.7. The van der Waals surface area contributed by atoms with Crippen molar-refractivity contribution < 1.29 is 52.0 Å². The van der Waals surface area contributed by atoms with Crippen LogP contribution in [0.3, 0.4) is 0 Å². The molecule has 2 aromatic carbocycles. The van der Waals surface area contributed by atoms with Gasteiger partial charge in [0, 0.05) is 23.9 Å². The van der Waals surface area contributed by atoms with Crippen molar-refractivity contribution in [3.63, 3.8) is 0 Å². The molecule has 0 spiro atoms. The fraction of sp³-hybridized carbons (Fsp3) is 0.167. The third-order valence-corrected chi connectivity index (χ3v) is 4.70. The maximum atomic E-state index is 11.6. The topological polar surface area (TPSA) is 139 Å². The van der Waals surface area contributed by atoms with Gasteiger partial charge in [-0.25, -0.2) is 13.4 Å². The quantitative estimate of drug-likeness (QED) is 0.187. The van der Waals surface area contributed by atoms with Crippen LogP contribution in [0.5, 0.6) is 5.88 Å². The monoisotopic (exact) mass is 424 g/mol. The van der Waals surface area contributed by atoms with E-state index in [1.165, 1.54) is 12.3 Å². The van der Waals surface area contributed by atoms with Gasteiger partial charge in [-0.3, -0.25) is 0 Å². The largest absolute Gasteiger partial charge is 1.00 e. The molecule has 0 amide bonds. The van der Waals surface area contributed by atoms with Crippen LogP contribution in [0.25, 0.3) is 10.8 Å². The maximum Gasteiger partial charge on any atom is 1.00 e. The zero-order valence-electron chi connectivity index (χ0n) is 15.9. The Morgan fingerprint density at radius 3 is 2.45 bits per heavy atom. The average molecular weight is 424 g/mol. The molecule has 3 aromatic rings. The minimum Gasteiger partial charge on any atom is -0.744 e. The van der Waals surface area contributed by atoms with E-state index < -0.39 is 15.0 Å². The summed E-state index contributed by atoms with van der Waals surface area (Å²) in [5.41, 5.74) is 6.79. The first-order valence-electron chi connectivity index (χ1n) is 8.17. The smallest absolute Gasteiger partial charge is 0.744 e. The van der Waals surface area contributed by atoms with Crippen molar-refractivity contribution in [2.24, 2.45) is 10.2 Å². The summed E-state index contributed by atoms with van der Waals surface area (Å²) in [7, 11) is -3.14. The normalized spacial score (nSPS) is 11.5. The van der Waals surface area contributed by atoms with Gasteiger partial charge in [0.05, 0.1) is 23.4 Å². The predicted octanol–water partition coefficient (Wildman–Crippen LogP) is 0.166. The van der Waals surface area contributed by atoms with Crippen molar-refractivity contribution in [3.05, 3.63) is 48.7 Å². The first-order valence-corrected chi connectivity index (χ1v) is 9.57. The molecule has 2 N–H and O–H groups in total. The van der Waals surface area contributed by atoms with Gasteiger partial charge in [0.2, 0.25) is 5.88 Å². The van der Waals surface area contributed by atoms with Crippen LogP contribution in [0.2, 0.25) is 0 Å². The molecule has 11 heteroatoms. The van der Waals surface area contributed by atoms with Crippen LogP contribution in [-0.4, -0.2) is 38.3 Å². The zero-order chi connectivity index (χ0) is 20.1. The van der Waals surface area contributed by atoms with E-state index in [9.17, 15) is 13.0 Å². The number of fused-ring (bicyclic) bond motifs is 1. The van der Waals surface area contributed by atoms with E-state index in [-0.39, 0.29) is 46.3 Å². The van der Waals surface area contributed by atoms with Crippen molar-refractivity contribution >= 4 is 38.0 Å². The second kappa shape index (κ2) is 10.1. The van der Waals surface area contributed by atoms with Gasteiger partial charge in [0.1, 0.15) is 28.1 Å². The summed E-state index contributed by atoms with van der Waals surface area (Å²) >= 11 is 0. The van der Waals surface area contributed by atoms with Crippen molar-refractivity contribution in [2.45, 2.75) is 4.90 Å². The number of nitrogens with two attached hydrogens (primary N) is 1. The standard InChI is InChI=1S/C18H18N4O5S.Na/c1-26-8-9-27-17-7-6-12(11-20-17)21-22-15-10-16(28(23,24)25)13-4-2-3-5-14(13)18(15)19;/h2-7,10-11H,8-9,19H2,1H3,(H,23,24,25);/q;+1/p-1. The molecule has 1 heterocycles. The molecule has 0 atom stereocenters. The summed E-state index contributed by atoms with van der Waals surface area (Å²) in [6.45, 7) is 0.805. The van der Waals surface area contributed by atoms with Gasteiger partial charge in [-0.05, 0) is 12.1 Å². The van der Waals surface area contributed by atoms with Gasteiger partial charge >= 0.3 is 29.6 Å². The number of ether oxygens (including phenoxy) is 2. The predicted molar refractivity (Wildman–Crippen MR) is 102 cm³/mol. The van der Waals surface area contributed by atoms with Gasteiger partial charge < -0.3 is 19.8 Å². The molecule has 0 aliphatic carbocycles. The van der Waals surface area contributed by atoms with Crippen LogP contribution in [0.1, 0.15) is 0 Å². The number of azo groups is 1. The van der Waals surface area contributed by atoms with Crippen molar-refractivity contribution in [2.75, 3.05) is 26.1 Å². The second-order valence-corrected chi connectivity index (χ2v) is 7.05. The number of pyridine rings is 1. The van der Waals surface area contributed by atoms with Crippen LogP contribution in [0, 0.1) is 0 Å². The van der Waals surface area contributed by atoms with E-state index in [4.69, 9.17) is 15.2 Å². The molecule has 0 unspecified atom stereocenters. The fourth-order valence-corrected chi connectivity index (χ4v) is 3.20. The van der Waals surface area contributed by atoms with E-state index in [0.717, 1.165) is 6.07 Å². The molecule has 9 nitrogen and oxygen atoms in total. The third kappa shape index (κ3) is 5.72. The minimum atomic E-state index is -4.71. The number of nitrogen functional groups attached to an aromatic ring is 1. The molecule has 146 valence electrons. The molecular formula is C18H17N4NaO5S. The number of benzene rings is 2. The van der Waals surface area contributed by atoms with Crippen molar-refractivity contribution in [1.29, 1.82) is 0 Å². The molecule has 0 saturated carbocycles. The van der Waals surface area contributed by atoms with Gasteiger partial charge in [-0.15, -0.1) is 10.2 Å². The summed E-state index contributed by atoms with van der Waals surface area (Å²) in [4.78, 5) is 3.69. The number of nitrogens with zero attached hydrogens (tertiary/aromatic N) is 3. The molecule has 0 aliphatic heterocycles. The Kier molecular flexibility index (Phi) is 8.08. The van der Waals surface area contributed by atoms with Gasteiger partial charge in [0.15, 0.2) is 0 Å². The Morgan fingerprint density at radius 2 is 1.83 bits per heavy atom. The van der Waals surface area contributed by atoms with Gasteiger partial charge in [-0.2, -0.15) is 0 Å². The summed E-state index contributed by atoms with van der Waals surface area (Å²) in [6.07, 6.45) is 1.44. The van der Waals surface area contributed by atoms with E-state index in [1.807, 2.05) is 0 Å². The fourth-order valence-electron chi connectivity index (χ4n) is 2.50. The molecule has 0 saturated heterocycles. The first-order chi connectivity index (χ1) is 13.4. The Bertz CT molecular complexity index is 1120. The summed E-state index contributed by atoms with van der Waals surface area (Å²) in [6, 6.07) is 10.8. The second-order valence-electron chi connectivity index (χ2n) is 5.70. The van der Waals surface area contributed by atoms with Crippen molar-refractivity contribution in [1.82, 2.24) is 4.98 Å². The van der Waals surface area contributed by atoms with Crippen LogP contribution in [-0.2, 0) is 14.9 Å². The SMILES string of the molecule is COCCOc1ccc(N=Nc2cc(S(=O)(=O)[O-])c3ccccc3c2N)cn1.[Na+]. The molecule has 0 radical (unpaired) electrons. The third-order valence-electron chi connectivity index (χ3n) is 3.83. The Hall–Kier alpha value is -2.08. The van der Waals surface area contributed by atoms with E-state index >= 15 is 0 Å². The number of anilines is 1. The molecule has 3 rings (SSSR count). The number of rotatable bonds is 7. The summed E-state index contributed by atoms with van der Waals surface area (Å²) in [5, 5.41) is 8.67. The van der Waals surface area contributed by atoms with Crippen molar-refractivity contribution in [3.8, 4) is 5.88 Å². The Morgan fingerprint density at radius 1 is 1.10 bits per heavy atom. The number of aromatic nitrogens is 1. The summed E-state index contributed by atoms with van der Waals surface area (Å²) in [5.74, 6) is 0.404. The maximum absolute atomic E-state index is 11.6. The number of methoxy groups -OCH3 is 1. The number of hydrogen-bond donors (Lipinski definition) is 1. The van der Waals surface area contributed by atoms with Crippen LogP contribution in [0.4, 0.5) is 17.1 Å². The van der Waals surface area contributed by atoms with Gasteiger partial charge in [-0.1, -0.05) is 24.3 Å². The molecule has 0 fully saturated rings. The molecule has 0 aliphatic rings. The molecule has 1 aromatic heterocycles. The van der Waals surface area contributed by atoms with Crippen LogP contribution < -0.4 is 40.0 Å². The van der Waals surface area contributed by atoms with E-state index in [0.29, 0.717) is 30.2 Å². The Balaban J connectivity index is 0.00000300. The molecular weight excluding hydrogens is 407 g/mol.